The Morgan fingerprint density at radius 3 is 2.47 bits per heavy atom. The number of carbonyl (C=O) groups is 4. The van der Waals surface area contributed by atoms with Crippen LogP contribution in [0.3, 0.4) is 0 Å². The van der Waals surface area contributed by atoms with E-state index in [1.165, 1.54) is 4.90 Å². The zero-order valence-corrected chi connectivity index (χ0v) is 35.8. The lowest BCUT2D eigenvalue weighted by molar-refractivity contribution is -0.244. The van der Waals surface area contributed by atoms with Gasteiger partial charge in [0.05, 0.1) is 27.9 Å². The summed E-state index contributed by atoms with van der Waals surface area (Å²) in [4.78, 5) is 63.6. The molecule has 0 radical (unpaired) electrons. The number of allylic oxidation sites excluding steroid dienone is 1. The molecule has 3 N–H and O–H groups in total. The number of nitrogens with one attached hydrogen (secondary N) is 3. The highest BCUT2D eigenvalue weighted by molar-refractivity contribution is 7.91. The summed E-state index contributed by atoms with van der Waals surface area (Å²) >= 11 is 0. The summed E-state index contributed by atoms with van der Waals surface area (Å²) < 4.78 is 92.8. The summed E-state index contributed by atoms with van der Waals surface area (Å²) in [6.07, 6.45) is 3.50. The smallest absolute Gasteiger partial charge is 0.427 e. The van der Waals surface area contributed by atoms with E-state index in [2.05, 4.69) is 15.4 Å². The van der Waals surface area contributed by atoms with E-state index < -0.39 is 79.5 Å². The van der Waals surface area contributed by atoms with Crippen LogP contribution in [0.15, 0.2) is 24.3 Å². The highest BCUT2D eigenvalue weighted by Gasteiger charge is 2.60. The molecule has 15 nitrogen and oxygen atoms in total. The Kier molecular flexibility index (Phi) is 10.2. The highest BCUT2D eigenvalue weighted by Crippen LogP contribution is 2.54. The van der Waals surface area contributed by atoms with Gasteiger partial charge in [-0.2, -0.15) is 13.2 Å². The van der Waals surface area contributed by atoms with E-state index in [9.17, 15) is 40.8 Å². The average Bonchev–Trinajstić information content (AvgIpc) is 4.10. The van der Waals surface area contributed by atoms with Gasteiger partial charge >= 0.3 is 12.3 Å². The lowest BCUT2D eigenvalue weighted by Crippen LogP contribution is -2.70. The molecule has 5 atom stereocenters. The molecule has 4 amide bonds. The number of rotatable bonds is 6. The maximum absolute atomic E-state index is 14.9. The van der Waals surface area contributed by atoms with E-state index in [0.29, 0.717) is 88.9 Å². The molecule has 4 fully saturated rings. The Hall–Kier alpha value is -4.81. The third-order valence-electron chi connectivity index (χ3n) is 14.1. The molecule has 19 heteroatoms. The lowest BCUT2D eigenvalue weighted by atomic mass is 9.65. The molecule has 4 aliphatic heterocycles. The zero-order valence-electron chi connectivity index (χ0n) is 35.0. The number of pyridine rings is 1. The predicted octanol–water partition coefficient (Wildman–Crippen LogP) is 5.73. The molecular formula is C43H52F3N5O10S. The molecule has 7 aliphatic rings. The van der Waals surface area contributed by atoms with Gasteiger partial charge < -0.3 is 34.5 Å². The Morgan fingerprint density at radius 2 is 1.77 bits per heavy atom. The Morgan fingerprint density at radius 1 is 1.00 bits per heavy atom. The zero-order chi connectivity index (χ0) is 44.0. The molecule has 2 aromatic rings. The molecule has 5 unspecified atom stereocenters. The first kappa shape index (κ1) is 42.5. The summed E-state index contributed by atoms with van der Waals surface area (Å²) in [5, 5.41) is 6.08. The first-order valence-electron chi connectivity index (χ1n) is 21.6. The number of nitrogens with zero attached hydrogens (tertiary/aromatic N) is 2. The van der Waals surface area contributed by atoms with E-state index in [1.807, 2.05) is 24.3 Å². The summed E-state index contributed by atoms with van der Waals surface area (Å²) in [5.74, 6) is -1.08. The number of hydrogen-bond donors (Lipinski definition) is 3. The minimum Gasteiger partial charge on any atom is -0.483 e. The molecule has 1 spiro atoms. The molecule has 0 bridgehead atoms. The van der Waals surface area contributed by atoms with E-state index >= 15 is 0 Å². The van der Waals surface area contributed by atoms with Crippen LogP contribution in [0.25, 0.3) is 10.9 Å². The van der Waals surface area contributed by atoms with E-state index in [0.717, 1.165) is 35.0 Å². The largest absolute Gasteiger partial charge is 0.483 e. The second-order valence-corrected chi connectivity index (χ2v) is 21.1. The number of hydrogen-bond acceptors (Lipinski definition) is 11. The Balaban J connectivity index is 1.08. The minimum absolute atomic E-state index is 0.0339. The van der Waals surface area contributed by atoms with E-state index in [1.54, 1.807) is 6.92 Å². The van der Waals surface area contributed by atoms with Crippen molar-refractivity contribution in [1.82, 2.24) is 25.2 Å². The van der Waals surface area contributed by atoms with Gasteiger partial charge in [-0.25, -0.2) is 18.2 Å². The van der Waals surface area contributed by atoms with Crippen LogP contribution in [-0.4, -0.2) is 95.2 Å². The molecule has 336 valence electrons. The van der Waals surface area contributed by atoms with Gasteiger partial charge in [0.1, 0.15) is 29.0 Å². The van der Waals surface area contributed by atoms with Gasteiger partial charge in [0.25, 0.3) is 5.91 Å². The van der Waals surface area contributed by atoms with Crippen LogP contribution < -0.4 is 29.6 Å². The number of aromatic nitrogens is 1. The lowest BCUT2D eigenvalue weighted by Gasteiger charge is -2.48. The SMILES string of the molecule is CC(C)(OC(=O)NC1CCCCCC=CC2CCC2(C(=O)NS(=O)(=O)C2(C)CC2)NC(=O)C2CC3(CCc4c(c(C5CC5)nc5ccc6c(c45)OCO6)O3)CN2C1=O)C(F)(F)F. The van der Waals surface area contributed by atoms with Crippen molar-refractivity contribution in [2.24, 2.45) is 5.92 Å². The summed E-state index contributed by atoms with van der Waals surface area (Å²) in [5.41, 5.74) is -3.36. The van der Waals surface area contributed by atoms with Crippen LogP contribution in [0.5, 0.6) is 17.2 Å². The third-order valence-corrected chi connectivity index (χ3v) is 16.2. The van der Waals surface area contributed by atoms with E-state index in [4.69, 9.17) is 23.9 Å². The second-order valence-electron chi connectivity index (χ2n) is 18.9. The number of alkyl halides is 3. The molecular weight excluding hydrogens is 836 g/mol. The third kappa shape index (κ3) is 7.38. The molecule has 3 aliphatic carbocycles. The van der Waals surface area contributed by atoms with Crippen molar-refractivity contribution < 1.29 is 59.7 Å². The number of ether oxygens (including phenoxy) is 4. The maximum atomic E-state index is 14.9. The normalized spacial score (nSPS) is 29.5. The average molecular weight is 888 g/mol. The van der Waals surface area contributed by atoms with Crippen molar-refractivity contribution in [3.8, 4) is 17.2 Å². The molecule has 5 heterocycles. The summed E-state index contributed by atoms with van der Waals surface area (Å²) in [6, 6.07) is 1.01. The van der Waals surface area contributed by atoms with Gasteiger partial charge in [0.15, 0.2) is 11.5 Å². The van der Waals surface area contributed by atoms with Crippen LogP contribution in [0, 0.1) is 5.92 Å². The van der Waals surface area contributed by atoms with Crippen LogP contribution in [0.1, 0.15) is 121 Å². The van der Waals surface area contributed by atoms with Crippen molar-refractivity contribution in [3.63, 3.8) is 0 Å². The highest BCUT2D eigenvalue weighted by atomic mass is 32.2. The van der Waals surface area contributed by atoms with Crippen molar-refractivity contribution >= 4 is 44.7 Å². The minimum atomic E-state index is -4.90. The maximum Gasteiger partial charge on any atom is 0.427 e. The van der Waals surface area contributed by atoms with Gasteiger partial charge in [-0.3, -0.25) is 19.1 Å². The fourth-order valence-corrected chi connectivity index (χ4v) is 10.8. The molecule has 1 saturated heterocycles. The first-order valence-corrected chi connectivity index (χ1v) is 23.1. The number of alkyl carbamates (subject to hydrolysis) is 1. The van der Waals surface area contributed by atoms with Crippen molar-refractivity contribution in [2.75, 3.05) is 13.3 Å². The monoisotopic (exact) mass is 887 g/mol. The van der Waals surface area contributed by atoms with Gasteiger partial charge in [-0.05, 0) is 104 Å². The van der Waals surface area contributed by atoms with Crippen LogP contribution in [0.4, 0.5) is 18.0 Å². The number of amides is 4. The fourth-order valence-electron chi connectivity index (χ4n) is 9.48. The number of halogens is 3. The standard InChI is InChI=1S/C43H52F3N5O10S/c1-39(2,43(44,45)46)61-38(55)48-28-10-8-6-4-5-7-9-25-15-18-42(25,37(54)50-62(56,57)40(3)19-20-40)49-35(52)29-21-41(22-51(29)36(28)53)17-16-26-31-27(13-14-30-34(31)59-23-58-30)47-32(24-11-12-24)33(26)60-41/h7,9,13-14,24-25,28-29H,4-6,8,10-12,15-23H2,1-3H3,(H,48,55)(H,49,52)(H,50,54). The molecule has 9 rings (SSSR count). The van der Waals surface area contributed by atoms with Crippen molar-refractivity contribution in [3.05, 3.63) is 35.5 Å². The first-order chi connectivity index (χ1) is 29.3. The Labute approximate surface area is 357 Å². The number of carbonyl (C=O) groups excluding carboxylic acids is 4. The van der Waals surface area contributed by atoms with E-state index in [-0.39, 0.29) is 38.5 Å². The molecule has 1 aromatic carbocycles. The van der Waals surface area contributed by atoms with Gasteiger partial charge in [-0.15, -0.1) is 0 Å². The second kappa shape index (κ2) is 14.9. The quantitative estimate of drug-likeness (QED) is 0.301. The Bertz CT molecular complexity index is 2370. The van der Waals surface area contributed by atoms with Gasteiger partial charge in [-0.1, -0.05) is 25.0 Å². The topological polar surface area (TPSA) is 192 Å². The molecule has 1 aromatic heterocycles. The van der Waals surface area contributed by atoms with Gasteiger partial charge in [0, 0.05) is 23.8 Å². The summed E-state index contributed by atoms with van der Waals surface area (Å²) in [6.45, 7) is 2.87. The fraction of sp³-hybridized carbons (Fsp3) is 0.651. The van der Waals surface area contributed by atoms with Crippen molar-refractivity contribution in [1.29, 1.82) is 0 Å². The number of fused-ring (bicyclic) bond motifs is 7. The van der Waals surface area contributed by atoms with Crippen LogP contribution in [0.2, 0.25) is 0 Å². The number of benzene rings is 1. The number of aryl methyl sites for hydroxylation is 1. The summed E-state index contributed by atoms with van der Waals surface area (Å²) in [7, 11) is -4.09. The molecule has 3 saturated carbocycles. The van der Waals surface area contributed by atoms with Gasteiger partial charge in [0.2, 0.25) is 34.2 Å². The molecule has 62 heavy (non-hydrogen) atoms. The predicted molar refractivity (Wildman–Crippen MR) is 216 cm³/mol. The van der Waals surface area contributed by atoms with Crippen LogP contribution in [-0.2, 0) is 35.6 Å². The van der Waals surface area contributed by atoms with Crippen molar-refractivity contribution in [2.45, 2.75) is 156 Å². The number of sulfonamides is 1. The van der Waals surface area contributed by atoms with Crippen LogP contribution >= 0.6 is 0 Å².